The first-order chi connectivity index (χ1) is 12.8. The molecule has 0 radical (unpaired) electrons. The summed E-state index contributed by atoms with van der Waals surface area (Å²) in [5.74, 6) is 0.979. The molecule has 1 amide bonds. The highest BCUT2D eigenvalue weighted by atomic mass is 19.4. The third-order valence-corrected chi connectivity index (χ3v) is 4.95. The van der Waals surface area contributed by atoms with Crippen LogP contribution in [0.4, 0.5) is 13.2 Å². The van der Waals surface area contributed by atoms with Gasteiger partial charge in [0.25, 0.3) is 0 Å². The molecule has 1 saturated carbocycles. The first-order valence-corrected chi connectivity index (χ1v) is 8.61. The average Bonchev–Trinajstić information content (AvgIpc) is 3.02. The minimum Gasteiger partial charge on any atom is -0.349 e. The highest BCUT2D eigenvalue weighted by Crippen LogP contribution is 2.41. The SMILES string of the molecule is Cc1cc(-c2ncn(/C=C\C(=O)NC3C4CNCC43)n2)cc(C(F)(F)F)c1. The van der Waals surface area contributed by atoms with Gasteiger partial charge in [-0.2, -0.15) is 13.2 Å². The number of benzene rings is 1. The quantitative estimate of drug-likeness (QED) is 0.801. The Balaban J connectivity index is 1.44. The maximum absolute atomic E-state index is 13.0. The van der Waals surface area contributed by atoms with Crippen LogP contribution in [0.5, 0.6) is 0 Å². The Labute approximate surface area is 153 Å². The van der Waals surface area contributed by atoms with Gasteiger partial charge in [0, 0.05) is 37.0 Å². The van der Waals surface area contributed by atoms with E-state index in [1.165, 1.54) is 23.3 Å². The summed E-state index contributed by atoms with van der Waals surface area (Å²) in [7, 11) is 0. The van der Waals surface area contributed by atoms with Gasteiger partial charge in [0.1, 0.15) is 6.33 Å². The number of hydrogen-bond acceptors (Lipinski definition) is 4. The molecular formula is C18H18F3N5O. The van der Waals surface area contributed by atoms with Gasteiger partial charge in [0.2, 0.25) is 5.91 Å². The predicted molar refractivity (Wildman–Crippen MR) is 92.3 cm³/mol. The van der Waals surface area contributed by atoms with Gasteiger partial charge in [0.05, 0.1) is 5.56 Å². The number of rotatable bonds is 4. The van der Waals surface area contributed by atoms with Crippen molar-refractivity contribution in [1.29, 1.82) is 0 Å². The molecule has 27 heavy (non-hydrogen) atoms. The second-order valence-electron chi connectivity index (χ2n) is 6.97. The van der Waals surface area contributed by atoms with Gasteiger partial charge in [-0.25, -0.2) is 9.67 Å². The van der Waals surface area contributed by atoms with Crippen LogP contribution in [-0.4, -0.2) is 39.8 Å². The Morgan fingerprint density at radius 1 is 1.30 bits per heavy atom. The molecule has 2 heterocycles. The number of hydrogen-bond donors (Lipinski definition) is 2. The summed E-state index contributed by atoms with van der Waals surface area (Å²) in [4.78, 5) is 16.0. The summed E-state index contributed by atoms with van der Waals surface area (Å²) in [6.07, 6.45) is -0.303. The molecule has 0 spiro atoms. The second-order valence-corrected chi connectivity index (χ2v) is 6.97. The van der Waals surface area contributed by atoms with E-state index in [2.05, 4.69) is 20.7 Å². The Morgan fingerprint density at radius 2 is 2.04 bits per heavy atom. The molecule has 4 rings (SSSR count). The summed E-state index contributed by atoms with van der Waals surface area (Å²) in [6, 6.07) is 3.91. The summed E-state index contributed by atoms with van der Waals surface area (Å²) in [5, 5.41) is 10.3. The smallest absolute Gasteiger partial charge is 0.349 e. The van der Waals surface area contributed by atoms with Crippen molar-refractivity contribution in [2.24, 2.45) is 11.8 Å². The van der Waals surface area contributed by atoms with E-state index >= 15 is 0 Å². The maximum Gasteiger partial charge on any atom is 0.416 e. The molecule has 1 aliphatic carbocycles. The number of aromatic nitrogens is 3. The molecule has 1 saturated heterocycles. The fourth-order valence-corrected chi connectivity index (χ4v) is 3.54. The van der Waals surface area contributed by atoms with Crippen LogP contribution in [0.3, 0.4) is 0 Å². The third kappa shape index (κ3) is 3.73. The van der Waals surface area contributed by atoms with Crippen LogP contribution < -0.4 is 10.6 Å². The van der Waals surface area contributed by atoms with Gasteiger partial charge in [-0.05, 0) is 42.5 Å². The van der Waals surface area contributed by atoms with E-state index in [1.54, 1.807) is 13.0 Å². The second kappa shape index (κ2) is 6.49. The topological polar surface area (TPSA) is 71.8 Å². The van der Waals surface area contributed by atoms with Gasteiger partial charge < -0.3 is 10.6 Å². The molecule has 2 fully saturated rings. The number of fused-ring (bicyclic) bond motifs is 1. The van der Waals surface area contributed by atoms with Crippen LogP contribution in [-0.2, 0) is 11.0 Å². The van der Waals surface area contributed by atoms with E-state index in [4.69, 9.17) is 0 Å². The van der Waals surface area contributed by atoms with Gasteiger partial charge in [-0.1, -0.05) is 0 Å². The minimum atomic E-state index is -4.43. The standard InChI is InChI=1S/C18H18F3N5O/c1-10-4-11(6-12(5-10)18(19,20)21)17-23-9-26(25-17)3-2-15(27)24-16-13-7-22-8-14(13)16/h2-6,9,13-14,16,22H,7-8H2,1H3,(H,24,27)/b3-2-. The van der Waals surface area contributed by atoms with E-state index in [0.717, 1.165) is 25.2 Å². The zero-order valence-electron chi connectivity index (χ0n) is 14.5. The molecule has 142 valence electrons. The van der Waals surface area contributed by atoms with Crippen LogP contribution in [0.2, 0.25) is 0 Å². The van der Waals surface area contributed by atoms with E-state index in [9.17, 15) is 18.0 Å². The molecule has 2 N–H and O–H groups in total. The van der Waals surface area contributed by atoms with Crippen molar-refractivity contribution in [3.8, 4) is 11.4 Å². The van der Waals surface area contributed by atoms with Crippen molar-refractivity contribution in [2.45, 2.75) is 19.1 Å². The van der Waals surface area contributed by atoms with Crippen molar-refractivity contribution in [3.63, 3.8) is 0 Å². The summed E-state index contributed by atoms with van der Waals surface area (Å²) in [5.41, 5.74) is 0.000963. The van der Waals surface area contributed by atoms with Crippen molar-refractivity contribution >= 4 is 12.1 Å². The molecule has 1 aromatic heterocycles. The number of aryl methyl sites for hydroxylation is 1. The molecule has 2 atom stereocenters. The number of alkyl halides is 3. The number of nitrogens with zero attached hydrogens (tertiary/aromatic N) is 3. The van der Waals surface area contributed by atoms with Crippen molar-refractivity contribution in [1.82, 2.24) is 25.4 Å². The average molecular weight is 377 g/mol. The molecule has 2 aliphatic rings. The Kier molecular flexibility index (Phi) is 4.26. The van der Waals surface area contributed by atoms with Crippen LogP contribution in [0.25, 0.3) is 17.6 Å². The lowest BCUT2D eigenvalue weighted by Gasteiger charge is -2.09. The highest BCUT2D eigenvalue weighted by molar-refractivity contribution is 5.90. The van der Waals surface area contributed by atoms with Crippen molar-refractivity contribution in [3.05, 3.63) is 41.7 Å². The number of halogens is 3. The van der Waals surface area contributed by atoms with Gasteiger partial charge in [-0.3, -0.25) is 4.79 Å². The number of piperidine rings is 1. The van der Waals surface area contributed by atoms with Crippen LogP contribution in [0, 0.1) is 18.8 Å². The normalized spacial score (nSPS) is 24.2. The van der Waals surface area contributed by atoms with Gasteiger partial charge in [-0.15, -0.1) is 5.10 Å². The number of carbonyl (C=O) groups excluding carboxylic acids is 1. The summed E-state index contributed by atoms with van der Waals surface area (Å²) in [6.45, 7) is 3.45. The van der Waals surface area contributed by atoms with E-state index in [-0.39, 0.29) is 23.3 Å². The Hall–Kier alpha value is -2.68. The fraction of sp³-hybridized carbons (Fsp3) is 0.389. The lowest BCUT2D eigenvalue weighted by Crippen LogP contribution is -2.31. The number of nitrogens with one attached hydrogen (secondary N) is 2. The first-order valence-electron chi connectivity index (χ1n) is 8.61. The molecule has 2 unspecified atom stereocenters. The molecular weight excluding hydrogens is 359 g/mol. The van der Waals surface area contributed by atoms with Crippen molar-refractivity contribution in [2.75, 3.05) is 13.1 Å². The Bertz CT molecular complexity index is 895. The van der Waals surface area contributed by atoms with E-state index < -0.39 is 11.7 Å². The summed E-state index contributed by atoms with van der Waals surface area (Å²) >= 11 is 0. The van der Waals surface area contributed by atoms with Crippen molar-refractivity contribution < 1.29 is 18.0 Å². The highest BCUT2D eigenvalue weighted by Gasteiger charge is 2.53. The number of amides is 1. The molecule has 6 nitrogen and oxygen atoms in total. The monoisotopic (exact) mass is 377 g/mol. The molecule has 9 heteroatoms. The molecule has 1 aromatic carbocycles. The minimum absolute atomic E-state index is 0.164. The molecule has 0 bridgehead atoms. The van der Waals surface area contributed by atoms with Crippen LogP contribution in [0.15, 0.2) is 30.6 Å². The lowest BCUT2D eigenvalue weighted by atomic mass is 10.1. The lowest BCUT2D eigenvalue weighted by molar-refractivity contribution is -0.137. The van der Waals surface area contributed by atoms with Gasteiger partial charge >= 0.3 is 6.18 Å². The first kappa shape index (κ1) is 17.7. The zero-order chi connectivity index (χ0) is 19.2. The fourth-order valence-electron chi connectivity index (χ4n) is 3.54. The molecule has 1 aliphatic heterocycles. The van der Waals surface area contributed by atoms with Gasteiger partial charge in [0.15, 0.2) is 5.82 Å². The zero-order valence-corrected chi connectivity index (χ0v) is 14.5. The Morgan fingerprint density at radius 3 is 2.74 bits per heavy atom. The van der Waals surface area contributed by atoms with E-state index in [1.807, 2.05) is 0 Å². The number of carbonyl (C=O) groups is 1. The summed E-state index contributed by atoms with van der Waals surface area (Å²) < 4.78 is 40.2. The third-order valence-electron chi connectivity index (χ3n) is 4.95. The maximum atomic E-state index is 13.0. The largest absolute Gasteiger partial charge is 0.416 e. The van der Waals surface area contributed by atoms with Crippen LogP contribution >= 0.6 is 0 Å². The predicted octanol–water partition coefficient (Wildman–Crippen LogP) is 2.08. The van der Waals surface area contributed by atoms with Crippen LogP contribution in [0.1, 0.15) is 11.1 Å². The van der Waals surface area contributed by atoms with E-state index in [0.29, 0.717) is 17.4 Å². The molecule has 2 aromatic rings.